The second-order valence-corrected chi connectivity index (χ2v) is 3.37. The summed E-state index contributed by atoms with van der Waals surface area (Å²) in [7, 11) is 1.28. The van der Waals surface area contributed by atoms with Gasteiger partial charge in [0.05, 0.1) is 11.0 Å². The Balaban J connectivity index is 2.74. The van der Waals surface area contributed by atoms with E-state index in [1.54, 1.807) is 18.2 Å². The Kier molecular flexibility index (Phi) is 3.58. The number of rotatable bonds is 2. The van der Waals surface area contributed by atoms with Crippen molar-refractivity contribution in [3.63, 3.8) is 0 Å². The minimum absolute atomic E-state index is 0.577. The van der Waals surface area contributed by atoms with Gasteiger partial charge in [-0.2, -0.15) is 5.01 Å². The molecule has 14 heavy (non-hydrogen) atoms. The van der Waals surface area contributed by atoms with Gasteiger partial charge in [-0.3, -0.25) is 0 Å². The zero-order chi connectivity index (χ0) is 10.6. The van der Waals surface area contributed by atoms with E-state index >= 15 is 0 Å². The van der Waals surface area contributed by atoms with E-state index in [1.807, 2.05) is 6.07 Å². The fourth-order valence-electron chi connectivity index (χ4n) is 0.796. The predicted octanol–water partition coefficient (Wildman–Crippen LogP) is 2.59. The summed E-state index contributed by atoms with van der Waals surface area (Å²) < 4.78 is 0.743. The first-order chi connectivity index (χ1) is 6.65. The van der Waals surface area contributed by atoms with Gasteiger partial charge in [-0.15, -0.1) is 4.91 Å². The first-order valence-corrected chi connectivity index (χ1v) is 4.57. The van der Waals surface area contributed by atoms with E-state index < -0.39 is 6.03 Å². The second-order valence-electron chi connectivity index (χ2n) is 2.52. The lowest BCUT2D eigenvalue weighted by Crippen LogP contribution is -2.26. The summed E-state index contributed by atoms with van der Waals surface area (Å²) >= 11 is 3.25. The van der Waals surface area contributed by atoms with Crippen molar-refractivity contribution in [1.29, 1.82) is 0 Å². The van der Waals surface area contributed by atoms with Crippen LogP contribution >= 0.6 is 15.9 Å². The van der Waals surface area contributed by atoms with E-state index in [9.17, 15) is 9.70 Å². The molecule has 1 aromatic rings. The molecule has 0 aromatic heterocycles. The van der Waals surface area contributed by atoms with Crippen LogP contribution in [0.3, 0.4) is 0 Å². The van der Waals surface area contributed by atoms with Gasteiger partial charge in [0.2, 0.25) is 0 Å². The summed E-state index contributed by atoms with van der Waals surface area (Å²) in [5.41, 5.74) is 0.591. The third-order valence-electron chi connectivity index (χ3n) is 1.53. The summed E-state index contributed by atoms with van der Waals surface area (Å²) in [5.74, 6) is 0. The molecule has 0 heterocycles. The van der Waals surface area contributed by atoms with Gasteiger partial charge < -0.3 is 5.32 Å². The maximum Gasteiger partial charge on any atom is 0.344 e. The van der Waals surface area contributed by atoms with Gasteiger partial charge in [0.1, 0.15) is 0 Å². The maximum absolute atomic E-state index is 11.2. The number of carbonyl (C=O) groups is 1. The summed E-state index contributed by atoms with van der Waals surface area (Å²) in [4.78, 5) is 21.2. The molecule has 74 valence electrons. The average molecular weight is 258 g/mol. The highest BCUT2D eigenvalue weighted by Gasteiger charge is 2.09. The highest BCUT2D eigenvalue weighted by molar-refractivity contribution is 9.10. The second kappa shape index (κ2) is 4.71. The van der Waals surface area contributed by atoms with E-state index in [4.69, 9.17) is 0 Å². The number of anilines is 1. The lowest BCUT2D eigenvalue weighted by molar-refractivity contribution is 0.224. The van der Waals surface area contributed by atoms with Crippen LogP contribution in [0.15, 0.2) is 34.0 Å². The zero-order valence-electron chi connectivity index (χ0n) is 7.40. The highest BCUT2D eigenvalue weighted by Crippen LogP contribution is 2.21. The Morgan fingerprint density at radius 1 is 1.50 bits per heavy atom. The molecule has 0 aliphatic rings. The molecule has 0 atom stereocenters. The number of carbonyl (C=O) groups excluding carboxylic acids is 1. The van der Waals surface area contributed by atoms with Crippen LogP contribution in [0.4, 0.5) is 10.5 Å². The summed E-state index contributed by atoms with van der Waals surface area (Å²) in [6.45, 7) is 0. The van der Waals surface area contributed by atoms with Crippen molar-refractivity contribution in [3.8, 4) is 0 Å². The van der Waals surface area contributed by atoms with Crippen molar-refractivity contribution in [2.24, 2.45) is 5.29 Å². The molecule has 0 fully saturated rings. The summed E-state index contributed by atoms with van der Waals surface area (Å²) in [6, 6.07) is 6.51. The standard InChI is InChI=1S/C8H8BrN3O2/c1-12(11-14)8(13)10-7-5-3-2-4-6(7)9/h2-5H,1H3,(H,10,13). The third kappa shape index (κ3) is 2.53. The van der Waals surface area contributed by atoms with E-state index in [0.29, 0.717) is 10.7 Å². The van der Waals surface area contributed by atoms with Crippen LogP contribution in [-0.2, 0) is 0 Å². The Bertz CT molecular complexity index is 356. The largest absolute Gasteiger partial charge is 0.344 e. The fraction of sp³-hybridized carbons (Fsp3) is 0.125. The average Bonchev–Trinajstić information content (AvgIpc) is 2.20. The van der Waals surface area contributed by atoms with E-state index in [1.165, 1.54) is 7.05 Å². The summed E-state index contributed by atoms with van der Waals surface area (Å²) in [5, 5.41) is 5.66. The van der Waals surface area contributed by atoms with Crippen LogP contribution in [0, 0.1) is 4.91 Å². The van der Waals surface area contributed by atoms with Crippen LogP contribution in [0.25, 0.3) is 0 Å². The molecule has 0 saturated carbocycles. The SMILES string of the molecule is CN(N=O)C(=O)Nc1ccccc1Br. The molecule has 0 bridgehead atoms. The number of nitrogens with one attached hydrogen (secondary N) is 1. The van der Waals surface area contributed by atoms with Crippen LogP contribution in [0.1, 0.15) is 0 Å². The molecular weight excluding hydrogens is 250 g/mol. The number of urea groups is 1. The van der Waals surface area contributed by atoms with Crippen LogP contribution < -0.4 is 5.32 Å². The van der Waals surface area contributed by atoms with Crippen molar-refractivity contribution in [2.45, 2.75) is 0 Å². The topological polar surface area (TPSA) is 61.8 Å². The van der Waals surface area contributed by atoms with Crippen LogP contribution in [0.2, 0.25) is 0 Å². The van der Waals surface area contributed by atoms with Crippen molar-refractivity contribution in [1.82, 2.24) is 5.01 Å². The van der Waals surface area contributed by atoms with Crippen LogP contribution in [0.5, 0.6) is 0 Å². The van der Waals surface area contributed by atoms with Crippen molar-refractivity contribution >= 4 is 27.6 Å². The quantitative estimate of drug-likeness (QED) is 0.654. The molecule has 0 aliphatic heterocycles. The number of halogens is 1. The molecule has 1 rings (SSSR count). The molecule has 5 nitrogen and oxygen atoms in total. The number of hydrogen-bond acceptors (Lipinski definition) is 3. The van der Waals surface area contributed by atoms with Gasteiger partial charge in [0, 0.05) is 11.5 Å². The van der Waals surface area contributed by atoms with Gasteiger partial charge in [-0.25, -0.2) is 4.79 Å². The smallest absolute Gasteiger partial charge is 0.305 e. The van der Waals surface area contributed by atoms with Gasteiger partial charge >= 0.3 is 6.03 Å². The number of hydrogen-bond donors (Lipinski definition) is 1. The molecule has 0 radical (unpaired) electrons. The molecule has 2 amide bonds. The zero-order valence-corrected chi connectivity index (χ0v) is 8.98. The minimum atomic E-state index is -0.577. The molecular formula is C8H8BrN3O2. The lowest BCUT2D eigenvalue weighted by Gasteiger charge is -2.09. The first-order valence-electron chi connectivity index (χ1n) is 3.77. The fourth-order valence-corrected chi connectivity index (χ4v) is 1.18. The monoisotopic (exact) mass is 257 g/mol. The molecule has 1 N–H and O–H groups in total. The molecule has 0 unspecified atom stereocenters. The Morgan fingerprint density at radius 2 is 2.14 bits per heavy atom. The first kappa shape index (κ1) is 10.6. The molecule has 6 heteroatoms. The Morgan fingerprint density at radius 3 is 2.71 bits per heavy atom. The van der Waals surface area contributed by atoms with Gasteiger partial charge in [-0.1, -0.05) is 12.1 Å². The summed E-state index contributed by atoms with van der Waals surface area (Å²) in [6.07, 6.45) is 0. The molecule has 0 saturated heterocycles. The van der Waals surface area contributed by atoms with Gasteiger partial charge in [-0.05, 0) is 28.1 Å². The molecule has 0 aliphatic carbocycles. The highest BCUT2D eigenvalue weighted by atomic mass is 79.9. The Hall–Kier alpha value is -1.43. The van der Waals surface area contributed by atoms with Crippen molar-refractivity contribution in [2.75, 3.05) is 12.4 Å². The number of amides is 2. The van der Waals surface area contributed by atoms with E-state index in [-0.39, 0.29) is 0 Å². The van der Waals surface area contributed by atoms with Gasteiger partial charge in [0.25, 0.3) is 0 Å². The normalized spacial score (nSPS) is 9.29. The number of nitroso groups, excluding NO2 is 1. The minimum Gasteiger partial charge on any atom is -0.305 e. The maximum atomic E-state index is 11.2. The van der Waals surface area contributed by atoms with Crippen molar-refractivity contribution in [3.05, 3.63) is 33.6 Å². The molecule has 1 aromatic carbocycles. The third-order valence-corrected chi connectivity index (χ3v) is 2.22. The Labute approximate surface area is 89.2 Å². The lowest BCUT2D eigenvalue weighted by atomic mass is 10.3. The number of para-hydroxylation sites is 1. The van der Waals surface area contributed by atoms with Crippen LogP contribution in [-0.4, -0.2) is 18.1 Å². The number of benzene rings is 1. The van der Waals surface area contributed by atoms with Gasteiger partial charge in [0.15, 0.2) is 0 Å². The van der Waals surface area contributed by atoms with E-state index in [0.717, 1.165) is 4.47 Å². The van der Waals surface area contributed by atoms with E-state index in [2.05, 4.69) is 26.5 Å². The number of nitrogens with zero attached hydrogens (tertiary/aromatic N) is 2. The predicted molar refractivity (Wildman–Crippen MR) is 56.7 cm³/mol. The molecule has 0 spiro atoms. The van der Waals surface area contributed by atoms with Crippen molar-refractivity contribution < 1.29 is 4.79 Å².